The molecule has 0 radical (unpaired) electrons. The first-order valence-corrected chi connectivity index (χ1v) is 11.1. The van der Waals surface area contributed by atoms with Gasteiger partial charge in [0.15, 0.2) is 11.2 Å². The fourth-order valence-corrected chi connectivity index (χ4v) is 4.47. The fraction of sp³-hybridized carbons (Fsp3) is 0.435. The third-order valence-electron chi connectivity index (χ3n) is 5.80. The van der Waals surface area contributed by atoms with E-state index in [0.717, 1.165) is 32.6 Å². The van der Waals surface area contributed by atoms with Crippen LogP contribution in [0, 0.1) is 5.92 Å². The van der Waals surface area contributed by atoms with Crippen molar-refractivity contribution >= 4 is 45.3 Å². The quantitative estimate of drug-likeness (QED) is 0.540. The number of pyridine rings is 2. The number of anilines is 1. The molecule has 0 bridgehead atoms. The van der Waals surface area contributed by atoms with Crippen LogP contribution >= 0.6 is 11.6 Å². The number of rotatable bonds is 7. The molecule has 1 N–H and O–H groups in total. The monoisotopic (exact) mass is 459 g/mol. The van der Waals surface area contributed by atoms with Crippen molar-refractivity contribution in [2.24, 2.45) is 5.92 Å². The first-order valence-electron chi connectivity index (χ1n) is 10.7. The number of hydrogen-bond donors (Lipinski definition) is 1. The molecule has 0 aliphatic carbocycles. The number of aliphatic carboxylic acids is 1. The van der Waals surface area contributed by atoms with Gasteiger partial charge >= 0.3 is 5.97 Å². The summed E-state index contributed by atoms with van der Waals surface area (Å²) >= 11 is 6.36. The molecule has 170 valence electrons. The molecular formula is C23H26ClN3O5. The van der Waals surface area contributed by atoms with Crippen LogP contribution in [0.3, 0.4) is 0 Å². The number of hydrogen-bond acceptors (Lipinski definition) is 6. The minimum Gasteiger partial charge on any atom is -0.490 e. The van der Waals surface area contributed by atoms with Gasteiger partial charge in [-0.2, -0.15) is 0 Å². The Bertz CT molecular complexity index is 1220. The van der Waals surface area contributed by atoms with Crippen LogP contribution in [0.2, 0.25) is 5.02 Å². The van der Waals surface area contributed by atoms with Crippen LogP contribution in [0.1, 0.15) is 19.8 Å². The summed E-state index contributed by atoms with van der Waals surface area (Å²) < 4.78 is 12.7. The Morgan fingerprint density at radius 1 is 1.28 bits per heavy atom. The van der Waals surface area contributed by atoms with Gasteiger partial charge in [0.05, 0.1) is 27.9 Å². The first-order chi connectivity index (χ1) is 15.4. The van der Waals surface area contributed by atoms with Crippen LogP contribution in [0.25, 0.3) is 21.9 Å². The summed E-state index contributed by atoms with van der Waals surface area (Å²) in [6.07, 6.45) is 1.98. The Balaban J connectivity index is 1.91. The van der Waals surface area contributed by atoms with E-state index in [1.54, 1.807) is 31.2 Å². The molecule has 3 heterocycles. The number of carboxylic acids is 1. The van der Waals surface area contributed by atoms with Gasteiger partial charge in [0.2, 0.25) is 0 Å². The predicted molar refractivity (Wildman–Crippen MR) is 124 cm³/mol. The summed E-state index contributed by atoms with van der Waals surface area (Å²) in [5.74, 6) is 0.394. The Kier molecular flexibility index (Phi) is 6.53. The van der Waals surface area contributed by atoms with Gasteiger partial charge < -0.3 is 24.0 Å². The van der Waals surface area contributed by atoms with Gasteiger partial charge in [0.25, 0.3) is 0 Å². The summed E-state index contributed by atoms with van der Waals surface area (Å²) in [6, 6.07) is 6.72. The lowest BCUT2D eigenvalue weighted by Gasteiger charge is -2.28. The molecule has 0 saturated carbocycles. The lowest BCUT2D eigenvalue weighted by molar-refractivity contribution is -0.137. The van der Waals surface area contributed by atoms with Gasteiger partial charge in [-0.3, -0.25) is 9.59 Å². The Morgan fingerprint density at radius 2 is 2.00 bits per heavy atom. The molecule has 2 aromatic heterocycles. The minimum absolute atomic E-state index is 0.236. The van der Waals surface area contributed by atoms with Crippen molar-refractivity contribution in [2.45, 2.75) is 26.3 Å². The summed E-state index contributed by atoms with van der Waals surface area (Å²) in [5.41, 5.74) is 0.404. The molecule has 9 heteroatoms. The molecule has 0 unspecified atom stereocenters. The van der Waals surface area contributed by atoms with E-state index >= 15 is 0 Å². The van der Waals surface area contributed by atoms with Gasteiger partial charge in [0, 0.05) is 26.8 Å². The minimum atomic E-state index is -1.05. The van der Waals surface area contributed by atoms with Crippen molar-refractivity contribution in [3.05, 3.63) is 39.5 Å². The largest absolute Gasteiger partial charge is 0.490 e. The van der Waals surface area contributed by atoms with Crippen molar-refractivity contribution < 1.29 is 19.4 Å². The number of nitrogens with zero attached hydrogens (tertiary/aromatic N) is 3. The number of benzene rings is 1. The molecule has 8 nitrogen and oxygen atoms in total. The van der Waals surface area contributed by atoms with Crippen LogP contribution in [-0.4, -0.2) is 54.0 Å². The molecule has 1 aromatic carbocycles. The number of carbonyl (C=O) groups is 1. The Labute approximate surface area is 190 Å². The standard InChI is InChI=1S/C23H26ClN3O5/c1-3-32-22-17(24)6-4-15-20(22)27(13-19(28)29)23-16(21(15)30)5-7-18(25-23)26(2)12-14-8-10-31-11-9-14/h4-7,14H,3,8-13H2,1-2H3,(H,28,29). The van der Waals surface area contributed by atoms with Gasteiger partial charge in [0.1, 0.15) is 18.0 Å². The number of carboxylic acid groups (broad SMARTS) is 1. The maximum atomic E-state index is 13.3. The molecule has 0 atom stereocenters. The van der Waals surface area contributed by atoms with Crippen LogP contribution < -0.4 is 15.1 Å². The van der Waals surface area contributed by atoms with Crippen molar-refractivity contribution in [3.8, 4) is 5.75 Å². The average molecular weight is 460 g/mol. The van der Waals surface area contributed by atoms with Crippen molar-refractivity contribution in [1.82, 2.24) is 9.55 Å². The third-order valence-corrected chi connectivity index (χ3v) is 6.10. The van der Waals surface area contributed by atoms with E-state index in [4.69, 9.17) is 26.1 Å². The van der Waals surface area contributed by atoms with Crippen molar-refractivity contribution in [1.29, 1.82) is 0 Å². The number of ether oxygens (including phenoxy) is 2. The molecule has 1 aliphatic rings. The van der Waals surface area contributed by atoms with Gasteiger partial charge in [-0.1, -0.05) is 11.6 Å². The maximum absolute atomic E-state index is 13.3. The van der Waals surface area contributed by atoms with E-state index in [0.29, 0.717) is 45.3 Å². The Hall–Kier alpha value is -2.84. The summed E-state index contributed by atoms with van der Waals surface area (Å²) in [7, 11) is 1.95. The topological polar surface area (TPSA) is 93.9 Å². The van der Waals surface area contributed by atoms with Gasteiger partial charge in [-0.15, -0.1) is 0 Å². The van der Waals surface area contributed by atoms with E-state index in [1.165, 1.54) is 4.57 Å². The molecule has 1 aliphatic heterocycles. The fourth-order valence-electron chi connectivity index (χ4n) is 4.26. The van der Waals surface area contributed by atoms with Crippen LogP contribution in [0.4, 0.5) is 5.82 Å². The predicted octanol–water partition coefficient (Wildman–Crippen LogP) is 3.55. The highest BCUT2D eigenvalue weighted by atomic mass is 35.5. The van der Waals surface area contributed by atoms with E-state index in [1.807, 2.05) is 11.9 Å². The molecule has 1 saturated heterocycles. The lowest BCUT2D eigenvalue weighted by atomic mass is 10.00. The van der Waals surface area contributed by atoms with Crippen molar-refractivity contribution in [3.63, 3.8) is 0 Å². The molecule has 0 amide bonds. The second-order valence-corrected chi connectivity index (χ2v) is 8.40. The lowest BCUT2D eigenvalue weighted by Crippen LogP contribution is -2.30. The van der Waals surface area contributed by atoms with Crippen LogP contribution in [-0.2, 0) is 16.1 Å². The van der Waals surface area contributed by atoms with Crippen LogP contribution in [0.15, 0.2) is 29.1 Å². The highest BCUT2D eigenvalue weighted by Gasteiger charge is 2.21. The first kappa shape index (κ1) is 22.4. The second kappa shape index (κ2) is 9.34. The number of aromatic nitrogens is 2. The average Bonchev–Trinajstić information content (AvgIpc) is 2.78. The van der Waals surface area contributed by atoms with Crippen molar-refractivity contribution in [2.75, 3.05) is 38.3 Å². The van der Waals surface area contributed by atoms with E-state index in [9.17, 15) is 14.7 Å². The molecular weight excluding hydrogens is 434 g/mol. The van der Waals surface area contributed by atoms with E-state index < -0.39 is 5.97 Å². The molecule has 0 spiro atoms. The van der Waals surface area contributed by atoms with Crippen LogP contribution in [0.5, 0.6) is 5.75 Å². The smallest absolute Gasteiger partial charge is 0.323 e. The molecule has 1 fully saturated rings. The third kappa shape index (κ3) is 4.25. The van der Waals surface area contributed by atoms with E-state index in [2.05, 4.69) is 0 Å². The molecule has 3 aromatic rings. The highest BCUT2D eigenvalue weighted by Crippen LogP contribution is 2.34. The molecule has 32 heavy (non-hydrogen) atoms. The zero-order chi connectivity index (χ0) is 22.8. The SMILES string of the molecule is CCOc1c(Cl)ccc2c(=O)c3ccc(N(C)CC4CCOCC4)nc3n(CC(=O)O)c12. The zero-order valence-electron chi connectivity index (χ0n) is 18.1. The van der Waals surface area contributed by atoms with Gasteiger partial charge in [-0.25, -0.2) is 4.98 Å². The second-order valence-electron chi connectivity index (χ2n) is 7.99. The zero-order valence-corrected chi connectivity index (χ0v) is 18.9. The van der Waals surface area contributed by atoms with E-state index in [-0.39, 0.29) is 17.7 Å². The number of fused-ring (bicyclic) bond motifs is 2. The summed E-state index contributed by atoms with van der Waals surface area (Å²) in [4.78, 5) is 31.8. The highest BCUT2D eigenvalue weighted by molar-refractivity contribution is 6.33. The number of halogens is 1. The summed E-state index contributed by atoms with van der Waals surface area (Å²) in [6.45, 7) is 4.06. The maximum Gasteiger partial charge on any atom is 0.323 e. The van der Waals surface area contributed by atoms with Gasteiger partial charge in [-0.05, 0) is 49.9 Å². The summed E-state index contributed by atoms with van der Waals surface area (Å²) in [5, 5.41) is 10.6. The molecule has 4 rings (SSSR count). The normalized spacial score (nSPS) is 14.7. The Morgan fingerprint density at radius 3 is 2.69 bits per heavy atom.